The SMILES string of the molecule is O=C(CN1CCSc2ccccc21)N1N=C(c2ccco2)C[C@H]1c1ccco1. The molecule has 0 unspecified atom stereocenters. The molecule has 0 saturated carbocycles. The molecule has 2 aliphatic rings. The molecule has 28 heavy (non-hydrogen) atoms. The van der Waals surface area contributed by atoms with Gasteiger partial charge in [0.05, 0.1) is 24.8 Å². The molecule has 2 aromatic heterocycles. The second kappa shape index (κ2) is 7.24. The molecule has 1 aromatic carbocycles. The number of carbonyl (C=O) groups excluding carboxylic acids is 1. The summed E-state index contributed by atoms with van der Waals surface area (Å²) in [6, 6.07) is 15.4. The van der Waals surface area contributed by atoms with Crippen LogP contribution >= 0.6 is 11.8 Å². The van der Waals surface area contributed by atoms with Gasteiger partial charge in [-0.25, -0.2) is 5.01 Å². The summed E-state index contributed by atoms with van der Waals surface area (Å²) in [4.78, 5) is 16.6. The molecule has 3 aromatic rings. The summed E-state index contributed by atoms with van der Waals surface area (Å²) >= 11 is 1.83. The van der Waals surface area contributed by atoms with Gasteiger partial charge >= 0.3 is 0 Å². The third-order valence-electron chi connectivity index (χ3n) is 4.99. The van der Waals surface area contributed by atoms with Crippen molar-refractivity contribution in [1.29, 1.82) is 0 Å². The molecular weight excluding hydrogens is 374 g/mol. The van der Waals surface area contributed by atoms with Crippen LogP contribution in [0.15, 0.2) is 79.9 Å². The zero-order valence-corrected chi connectivity index (χ0v) is 16.0. The second-order valence-electron chi connectivity index (χ2n) is 6.74. The lowest BCUT2D eigenvalue weighted by Crippen LogP contribution is -2.40. The highest BCUT2D eigenvalue weighted by Gasteiger charge is 2.36. The molecule has 0 fully saturated rings. The van der Waals surface area contributed by atoms with Gasteiger partial charge in [-0.05, 0) is 36.4 Å². The topological polar surface area (TPSA) is 62.2 Å². The molecule has 0 bridgehead atoms. The van der Waals surface area contributed by atoms with Crippen LogP contribution in [0.1, 0.15) is 24.0 Å². The van der Waals surface area contributed by atoms with E-state index in [9.17, 15) is 4.79 Å². The lowest BCUT2D eigenvalue weighted by atomic mass is 10.1. The van der Waals surface area contributed by atoms with Crippen molar-refractivity contribution in [1.82, 2.24) is 5.01 Å². The number of anilines is 1. The van der Waals surface area contributed by atoms with Crippen LogP contribution in [0.4, 0.5) is 5.69 Å². The fourth-order valence-electron chi connectivity index (χ4n) is 3.66. The zero-order chi connectivity index (χ0) is 18.9. The van der Waals surface area contributed by atoms with Crippen LogP contribution in [0.3, 0.4) is 0 Å². The molecule has 1 amide bonds. The fraction of sp³-hybridized carbons (Fsp3) is 0.238. The number of hydrogen-bond acceptors (Lipinski definition) is 6. The average Bonchev–Trinajstić information content (AvgIpc) is 3.49. The van der Waals surface area contributed by atoms with Gasteiger partial charge in [0, 0.05) is 23.6 Å². The first-order chi connectivity index (χ1) is 13.8. The Kier molecular flexibility index (Phi) is 4.44. The van der Waals surface area contributed by atoms with Gasteiger partial charge in [-0.15, -0.1) is 11.8 Å². The number of fused-ring (bicyclic) bond motifs is 1. The van der Waals surface area contributed by atoms with Gasteiger partial charge in [0.2, 0.25) is 0 Å². The Morgan fingerprint density at radius 1 is 1.11 bits per heavy atom. The third-order valence-corrected chi connectivity index (χ3v) is 6.04. The van der Waals surface area contributed by atoms with Crippen molar-refractivity contribution in [2.24, 2.45) is 5.10 Å². The first-order valence-electron chi connectivity index (χ1n) is 9.23. The molecule has 0 spiro atoms. The van der Waals surface area contributed by atoms with E-state index in [1.165, 1.54) is 4.90 Å². The minimum Gasteiger partial charge on any atom is -0.467 e. The van der Waals surface area contributed by atoms with E-state index in [0.717, 1.165) is 29.5 Å². The molecule has 0 aliphatic carbocycles. The number of para-hydroxylation sites is 1. The number of amides is 1. The highest BCUT2D eigenvalue weighted by atomic mass is 32.2. The van der Waals surface area contributed by atoms with Gasteiger partial charge in [-0.3, -0.25) is 4.79 Å². The van der Waals surface area contributed by atoms with Crippen LogP contribution in [0.5, 0.6) is 0 Å². The first kappa shape index (κ1) is 17.2. The van der Waals surface area contributed by atoms with E-state index in [0.29, 0.717) is 12.2 Å². The molecule has 2 aliphatic heterocycles. The lowest BCUT2D eigenvalue weighted by molar-refractivity contribution is -0.131. The van der Waals surface area contributed by atoms with E-state index in [1.807, 2.05) is 48.2 Å². The molecule has 142 valence electrons. The largest absolute Gasteiger partial charge is 0.467 e. The molecular formula is C21H19N3O3S. The average molecular weight is 393 g/mol. The molecule has 6 nitrogen and oxygen atoms in total. The number of furan rings is 2. The fourth-order valence-corrected chi connectivity index (χ4v) is 4.71. The maximum Gasteiger partial charge on any atom is 0.262 e. The summed E-state index contributed by atoms with van der Waals surface area (Å²) in [6.45, 7) is 1.12. The lowest BCUT2D eigenvalue weighted by Gasteiger charge is -2.31. The second-order valence-corrected chi connectivity index (χ2v) is 7.87. The van der Waals surface area contributed by atoms with Crippen LogP contribution in [0, 0.1) is 0 Å². The normalized spacial score (nSPS) is 18.9. The summed E-state index contributed by atoms with van der Waals surface area (Å²) in [5.41, 5.74) is 1.87. The van der Waals surface area contributed by atoms with Crippen molar-refractivity contribution in [2.45, 2.75) is 17.4 Å². The molecule has 1 atom stereocenters. The van der Waals surface area contributed by atoms with Gasteiger partial charge in [0.25, 0.3) is 5.91 Å². The van der Waals surface area contributed by atoms with E-state index in [1.54, 1.807) is 17.5 Å². The van der Waals surface area contributed by atoms with E-state index < -0.39 is 0 Å². The van der Waals surface area contributed by atoms with Crippen LogP contribution in [0.2, 0.25) is 0 Å². The minimum atomic E-state index is -0.253. The number of rotatable bonds is 4. The Hall–Kier alpha value is -2.93. The van der Waals surface area contributed by atoms with Gasteiger partial charge < -0.3 is 13.7 Å². The van der Waals surface area contributed by atoms with Gasteiger partial charge in [0.15, 0.2) is 0 Å². The van der Waals surface area contributed by atoms with Gasteiger partial charge in [-0.1, -0.05) is 12.1 Å². The standard InChI is InChI=1S/C21H19N3O3S/c25-21(14-23-9-12-28-20-8-2-1-5-16(20)23)24-17(19-7-4-11-27-19)13-15(22-24)18-6-3-10-26-18/h1-8,10-11,17H,9,12-14H2/t17-/m0/s1. The zero-order valence-electron chi connectivity index (χ0n) is 15.2. The number of hydrogen-bond donors (Lipinski definition) is 0. The number of nitrogens with zero attached hydrogens (tertiary/aromatic N) is 3. The van der Waals surface area contributed by atoms with Crippen LogP contribution in [-0.2, 0) is 4.79 Å². The molecule has 7 heteroatoms. The third kappa shape index (κ3) is 3.11. The monoisotopic (exact) mass is 393 g/mol. The van der Waals surface area contributed by atoms with Crippen LogP contribution < -0.4 is 4.90 Å². The first-order valence-corrected chi connectivity index (χ1v) is 10.2. The number of benzene rings is 1. The minimum absolute atomic E-state index is 0.0512. The van der Waals surface area contributed by atoms with Gasteiger partial charge in [0.1, 0.15) is 23.3 Å². The van der Waals surface area contributed by atoms with E-state index in [2.05, 4.69) is 22.1 Å². The van der Waals surface area contributed by atoms with Crippen molar-refractivity contribution in [2.75, 3.05) is 23.7 Å². The summed E-state index contributed by atoms with van der Waals surface area (Å²) in [5.74, 6) is 2.33. The maximum atomic E-state index is 13.2. The summed E-state index contributed by atoms with van der Waals surface area (Å²) in [6.07, 6.45) is 3.81. The van der Waals surface area contributed by atoms with Crippen molar-refractivity contribution < 1.29 is 13.6 Å². The van der Waals surface area contributed by atoms with E-state index in [-0.39, 0.29) is 18.5 Å². The van der Waals surface area contributed by atoms with E-state index in [4.69, 9.17) is 8.83 Å². The Bertz CT molecular complexity index is 998. The molecule has 0 N–H and O–H groups in total. The number of carbonyl (C=O) groups is 1. The van der Waals surface area contributed by atoms with Crippen molar-refractivity contribution in [3.8, 4) is 0 Å². The summed E-state index contributed by atoms with van der Waals surface area (Å²) < 4.78 is 11.1. The Morgan fingerprint density at radius 2 is 1.96 bits per heavy atom. The van der Waals surface area contributed by atoms with E-state index >= 15 is 0 Å². The van der Waals surface area contributed by atoms with Gasteiger partial charge in [-0.2, -0.15) is 5.10 Å². The highest BCUT2D eigenvalue weighted by Crippen LogP contribution is 2.36. The summed E-state index contributed by atoms with van der Waals surface area (Å²) in [7, 11) is 0. The molecule has 4 heterocycles. The maximum absolute atomic E-state index is 13.2. The smallest absolute Gasteiger partial charge is 0.262 e. The summed E-state index contributed by atoms with van der Waals surface area (Å²) in [5, 5.41) is 6.16. The molecule has 5 rings (SSSR count). The molecule has 0 saturated heterocycles. The highest BCUT2D eigenvalue weighted by molar-refractivity contribution is 7.99. The Morgan fingerprint density at radius 3 is 2.79 bits per heavy atom. The number of thioether (sulfide) groups is 1. The van der Waals surface area contributed by atoms with Crippen LogP contribution in [0.25, 0.3) is 0 Å². The van der Waals surface area contributed by atoms with Crippen LogP contribution in [-0.4, -0.2) is 35.5 Å². The van der Waals surface area contributed by atoms with Crippen molar-refractivity contribution in [3.63, 3.8) is 0 Å². The van der Waals surface area contributed by atoms with Crippen molar-refractivity contribution in [3.05, 3.63) is 72.6 Å². The molecule has 0 radical (unpaired) electrons. The number of hydrazone groups is 1. The Balaban J connectivity index is 1.42. The quantitative estimate of drug-likeness (QED) is 0.666. The Labute approximate surface area is 166 Å². The van der Waals surface area contributed by atoms with Crippen molar-refractivity contribution >= 4 is 29.1 Å². The predicted octanol–water partition coefficient (Wildman–Crippen LogP) is 4.16. The predicted molar refractivity (Wildman–Crippen MR) is 108 cm³/mol.